The molecule has 1 aromatic heterocycles. The van der Waals surface area contributed by atoms with Crippen LogP contribution in [0.3, 0.4) is 0 Å². The molecule has 0 spiro atoms. The van der Waals surface area contributed by atoms with Gasteiger partial charge < -0.3 is 10.2 Å². The van der Waals surface area contributed by atoms with Gasteiger partial charge in [0.2, 0.25) is 5.91 Å². The van der Waals surface area contributed by atoms with E-state index in [1.807, 2.05) is 13.8 Å². The molecule has 1 saturated heterocycles. The van der Waals surface area contributed by atoms with Crippen LogP contribution in [-0.2, 0) is 11.2 Å². The minimum atomic E-state index is 0.100. The van der Waals surface area contributed by atoms with Gasteiger partial charge in [-0.15, -0.1) is 11.3 Å². The maximum absolute atomic E-state index is 12.2. The SMILES string of the molecule is Cc1nc(C)c(CC(=O)NCCN2CCC[C@H](c3ccccc3)C2)s1. The van der Waals surface area contributed by atoms with Gasteiger partial charge in [-0.05, 0) is 44.7 Å². The van der Waals surface area contributed by atoms with E-state index in [0.29, 0.717) is 12.3 Å². The summed E-state index contributed by atoms with van der Waals surface area (Å²) in [6, 6.07) is 10.8. The third-order valence-corrected chi connectivity index (χ3v) is 5.92. The lowest BCUT2D eigenvalue weighted by Gasteiger charge is -2.33. The van der Waals surface area contributed by atoms with E-state index in [1.165, 1.54) is 18.4 Å². The first-order chi connectivity index (χ1) is 12.1. The molecular formula is C20H27N3OS. The Labute approximate surface area is 154 Å². The molecule has 0 bridgehead atoms. The van der Waals surface area contributed by atoms with E-state index < -0.39 is 0 Å². The van der Waals surface area contributed by atoms with Crippen LogP contribution in [0.4, 0.5) is 0 Å². The molecule has 4 nitrogen and oxygen atoms in total. The van der Waals surface area contributed by atoms with Gasteiger partial charge in [0.15, 0.2) is 0 Å². The monoisotopic (exact) mass is 357 g/mol. The Kier molecular flexibility index (Phi) is 6.21. The Balaban J connectivity index is 1.42. The number of nitrogens with zero attached hydrogens (tertiary/aromatic N) is 2. The van der Waals surface area contributed by atoms with Crippen LogP contribution in [0.5, 0.6) is 0 Å². The van der Waals surface area contributed by atoms with Crippen LogP contribution in [0.1, 0.15) is 39.9 Å². The van der Waals surface area contributed by atoms with Crippen molar-refractivity contribution in [3.8, 4) is 0 Å². The summed E-state index contributed by atoms with van der Waals surface area (Å²) in [7, 11) is 0. The second kappa shape index (κ2) is 8.59. The second-order valence-electron chi connectivity index (χ2n) is 6.82. The van der Waals surface area contributed by atoms with Crippen molar-refractivity contribution >= 4 is 17.2 Å². The summed E-state index contributed by atoms with van der Waals surface area (Å²) in [4.78, 5) is 20.1. The van der Waals surface area contributed by atoms with E-state index in [1.54, 1.807) is 11.3 Å². The molecule has 0 unspecified atom stereocenters. The van der Waals surface area contributed by atoms with Crippen molar-refractivity contribution in [1.82, 2.24) is 15.2 Å². The van der Waals surface area contributed by atoms with Gasteiger partial charge in [-0.3, -0.25) is 4.79 Å². The first-order valence-corrected chi connectivity index (χ1v) is 9.90. The standard InChI is InChI=1S/C20H27N3OS/c1-15-19(25-16(2)22-15)13-20(24)21-10-12-23-11-6-9-18(14-23)17-7-4-3-5-8-17/h3-5,7-8,18H,6,9-14H2,1-2H3,(H,21,24)/t18-/m0/s1. The Bertz CT molecular complexity index is 698. The molecule has 0 radical (unpaired) electrons. The van der Waals surface area contributed by atoms with E-state index in [9.17, 15) is 4.79 Å². The van der Waals surface area contributed by atoms with Gasteiger partial charge in [0, 0.05) is 24.5 Å². The molecule has 134 valence electrons. The number of piperidine rings is 1. The highest BCUT2D eigenvalue weighted by Gasteiger charge is 2.21. The first-order valence-electron chi connectivity index (χ1n) is 9.08. The fourth-order valence-corrected chi connectivity index (χ4v) is 4.49. The minimum Gasteiger partial charge on any atom is -0.355 e. The van der Waals surface area contributed by atoms with Gasteiger partial charge >= 0.3 is 0 Å². The fraction of sp³-hybridized carbons (Fsp3) is 0.500. The minimum absolute atomic E-state index is 0.100. The van der Waals surface area contributed by atoms with Crippen molar-refractivity contribution in [3.05, 3.63) is 51.5 Å². The van der Waals surface area contributed by atoms with Gasteiger partial charge in [-0.25, -0.2) is 4.98 Å². The molecule has 1 amide bonds. The van der Waals surface area contributed by atoms with Crippen LogP contribution in [0.25, 0.3) is 0 Å². The number of rotatable bonds is 6. The molecule has 1 N–H and O–H groups in total. The largest absolute Gasteiger partial charge is 0.355 e. The number of carbonyl (C=O) groups is 1. The molecule has 1 fully saturated rings. The van der Waals surface area contributed by atoms with E-state index in [0.717, 1.165) is 41.8 Å². The van der Waals surface area contributed by atoms with E-state index in [4.69, 9.17) is 0 Å². The maximum atomic E-state index is 12.2. The molecule has 2 aromatic rings. The molecule has 1 atom stereocenters. The Hall–Kier alpha value is -1.72. The molecule has 25 heavy (non-hydrogen) atoms. The second-order valence-corrected chi connectivity index (χ2v) is 8.11. The van der Waals surface area contributed by atoms with Crippen LogP contribution in [-0.4, -0.2) is 42.0 Å². The number of nitrogens with one attached hydrogen (secondary N) is 1. The molecule has 0 saturated carbocycles. The lowest BCUT2D eigenvalue weighted by Crippen LogP contribution is -2.40. The zero-order valence-corrected chi connectivity index (χ0v) is 15.9. The number of carbonyl (C=O) groups excluding carboxylic acids is 1. The summed E-state index contributed by atoms with van der Waals surface area (Å²) in [6.45, 7) is 7.83. The normalized spacial score (nSPS) is 18.2. The quantitative estimate of drug-likeness (QED) is 0.863. The predicted molar refractivity (Wildman–Crippen MR) is 103 cm³/mol. The van der Waals surface area contributed by atoms with E-state index in [-0.39, 0.29) is 5.91 Å². The lowest BCUT2D eigenvalue weighted by molar-refractivity contribution is -0.120. The maximum Gasteiger partial charge on any atom is 0.225 e. The summed E-state index contributed by atoms with van der Waals surface area (Å²) >= 11 is 1.62. The van der Waals surface area contributed by atoms with Crippen molar-refractivity contribution < 1.29 is 4.79 Å². The number of hydrogen-bond donors (Lipinski definition) is 1. The van der Waals surface area contributed by atoms with Crippen molar-refractivity contribution in [2.24, 2.45) is 0 Å². The summed E-state index contributed by atoms with van der Waals surface area (Å²) < 4.78 is 0. The van der Waals surface area contributed by atoms with Crippen LogP contribution in [0.2, 0.25) is 0 Å². The zero-order chi connectivity index (χ0) is 17.6. The first kappa shape index (κ1) is 18.1. The average molecular weight is 358 g/mol. The van der Waals surface area contributed by atoms with Crippen molar-refractivity contribution in [3.63, 3.8) is 0 Å². The predicted octanol–water partition coefficient (Wildman–Crippen LogP) is 3.30. The van der Waals surface area contributed by atoms with Crippen molar-refractivity contribution in [2.75, 3.05) is 26.2 Å². The molecule has 2 heterocycles. The number of aryl methyl sites for hydroxylation is 2. The number of likely N-dealkylation sites (tertiary alicyclic amines) is 1. The van der Waals surface area contributed by atoms with E-state index >= 15 is 0 Å². The highest BCUT2D eigenvalue weighted by molar-refractivity contribution is 7.11. The third-order valence-electron chi connectivity index (χ3n) is 4.85. The number of benzene rings is 1. The molecular weight excluding hydrogens is 330 g/mol. The van der Waals surface area contributed by atoms with E-state index in [2.05, 4.69) is 45.5 Å². The summed E-state index contributed by atoms with van der Waals surface area (Å²) in [6.07, 6.45) is 2.94. The number of thiazole rings is 1. The number of amides is 1. The lowest BCUT2D eigenvalue weighted by atomic mass is 9.91. The molecule has 5 heteroatoms. The van der Waals surface area contributed by atoms with Gasteiger partial charge in [-0.1, -0.05) is 30.3 Å². The van der Waals surface area contributed by atoms with Gasteiger partial charge in [0.25, 0.3) is 0 Å². The molecule has 3 rings (SSSR count). The van der Waals surface area contributed by atoms with Crippen LogP contribution in [0.15, 0.2) is 30.3 Å². The average Bonchev–Trinajstić information content (AvgIpc) is 2.93. The Morgan fingerprint density at radius 3 is 2.84 bits per heavy atom. The van der Waals surface area contributed by atoms with Crippen molar-refractivity contribution in [1.29, 1.82) is 0 Å². The van der Waals surface area contributed by atoms with Crippen LogP contribution >= 0.6 is 11.3 Å². The summed E-state index contributed by atoms with van der Waals surface area (Å²) in [5.74, 6) is 0.719. The highest BCUT2D eigenvalue weighted by Crippen LogP contribution is 2.26. The summed E-state index contributed by atoms with van der Waals surface area (Å²) in [5.41, 5.74) is 2.42. The van der Waals surface area contributed by atoms with Crippen molar-refractivity contribution in [2.45, 2.75) is 39.0 Å². The number of hydrogen-bond acceptors (Lipinski definition) is 4. The highest BCUT2D eigenvalue weighted by atomic mass is 32.1. The molecule has 0 aliphatic carbocycles. The molecule has 1 aliphatic rings. The topological polar surface area (TPSA) is 45.2 Å². The third kappa shape index (κ3) is 5.13. The smallest absolute Gasteiger partial charge is 0.225 e. The Morgan fingerprint density at radius 2 is 2.12 bits per heavy atom. The van der Waals surface area contributed by atoms with Gasteiger partial charge in [0.05, 0.1) is 17.1 Å². The zero-order valence-electron chi connectivity index (χ0n) is 15.1. The molecule has 1 aliphatic heterocycles. The Morgan fingerprint density at radius 1 is 1.32 bits per heavy atom. The van der Waals surface area contributed by atoms with Crippen LogP contribution in [0, 0.1) is 13.8 Å². The molecule has 1 aromatic carbocycles. The number of aromatic nitrogens is 1. The van der Waals surface area contributed by atoms with Gasteiger partial charge in [0.1, 0.15) is 0 Å². The van der Waals surface area contributed by atoms with Gasteiger partial charge in [-0.2, -0.15) is 0 Å². The van der Waals surface area contributed by atoms with Crippen LogP contribution < -0.4 is 5.32 Å². The fourth-order valence-electron chi connectivity index (χ4n) is 3.56. The summed E-state index contributed by atoms with van der Waals surface area (Å²) in [5, 5.41) is 4.10.